The minimum Gasteiger partial charge on any atom is -0.481 e. The van der Waals surface area contributed by atoms with Gasteiger partial charge in [-0.15, -0.1) is 0 Å². The molecule has 0 atom stereocenters. The molecule has 3 rings (SSSR count). The van der Waals surface area contributed by atoms with Crippen LogP contribution in [-0.2, 0) is 11.2 Å². The van der Waals surface area contributed by atoms with Crippen LogP contribution in [0.1, 0.15) is 35.2 Å². The van der Waals surface area contributed by atoms with Crippen LogP contribution >= 0.6 is 11.3 Å². The van der Waals surface area contributed by atoms with Crippen molar-refractivity contribution in [1.29, 1.82) is 0 Å². The Morgan fingerprint density at radius 2 is 2.38 bits per heavy atom. The van der Waals surface area contributed by atoms with Gasteiger partial charge in [0.05, 0.1) is 17.8 Å². The lowest BCUT2D eigenvalue weighted by atomic mass is 10.3. The third-order valence-electron chi connectivity index (χ3n) is 2.76. The van der Waals surface area contributed by atoms with Crippen LogP contribution < -0.4 is 0 Å². The van der Waals surface area contributed by atoms with Gasteiger partial charge in [-0.3, -0.25) is 4.79 Å². The molecule has 2 aromatic heterocycles. The quantitative estimate of drug-likeness (QED) is 0.880. The van der Waals surface area contributed by atoms with E-state index in [9.17, 15) is 4.79 Å². The molecule has 1 aliphatic rings. The Hall–Kier alpha value is -1.43. The van der Waals surface area contributed by atoms with Gasteiger partial charge in [0.2, 0.25) is 4.96 Å². The van der Waals surface area contributed by atoms with Gasteiger partial charge in [-0.05, 0) is 19.8 Å². The zero-order chi connectivity index (χ0) is 11.3. The molecular weight excluding hydrogens is 226 g/mol. The minimum atomic E-state index is -0.842. The molecule has 0 radical (unpaired) electrons. The standard InChI is InChI=1S/C10H11N3O2S/c1-5-7(4-8(14)15)13-10(11-5)16-9(12-13)6-2-3-6/h6H,2-4H2,1H3,(H,14,15). The van der Waals surface area contributed by atoms with Crippen molar-refractivity contribution in [1.82, 2.24) is 14.6 Å². The first-order valence-corrected chi connectivity index (χ1v) is 6.03. The SMILES string of the molecule is Cc1nc2sc(C3CC3)nn2c1CC(=O)O. The summed E-state index contributed by atoms with van der Waals surface area (Å²) in [6.45, 7) is 1.83. The molecule has 0 saturated heterocycles. The van der Waals surface area contributed by atoms with Crippen molar-refractivity contribution < 1.29 is 9.90 Å². The highest BCUT2D eigenvalue weighted by Gasteiger charge is 2.28. The number of aromatic nitrogens is 3. The van der Waals surface area contributed by atoms with Crippen molar-refractivity contribution in [2.75, 3.05) is 0 Å². The average molecular weight is 237 g/mol. The summed E-state index contributed by atoms with van der Waals surface area (Å²) in [6.07, 6.45) is 2.38. The van der Waals surface area contributed by atoms with E-state index in [1.165, 1.54) is 12.8 Å². The number of rotatable bonds is 3. The fourth-order valence-corrected chi connectivity index (χ4v) is 2.88. The fraction of sp³-hybridized carbons (Fsp3) is 0.500. The third kappa shape index (κ3) is 1.49. The van der Waals surface area contributed by atoms with Crippen LogP contribution in [0.15, 0.2) is 0 Å². The molecule has 2 aromatic rings. The number of carbonyl (C=O) groups is 1. The van der Waals surface area contributed by atoms with Crippen LogP contribution in [-0.4, -0.2) is 25.7 Å². The number of hydrogen-bond acceptors (Lipinski definition) is 4. The van der Waals surface area contributed by atoms with Crippen LogP contribution in [0.4, 0.5) is 0 Å². The van der Waals surface area contributed by atoms with Crippen LogP contribution in [0.2, 0.25) is 0 Å². The number of aryl methyl sites for hydroxylation is 1. The van der Waals surface area contributed by atoms with Gasteiger partial charge in [-0.25, -0.2) is 9.50 Å². The van der Waals surface area contributed by atoms with E-state index in [1.807, 2.05) is 6.92 Å². The zero-order valence-corrected chi connectivity index (χ0v) is 9.62. The molecule has 2 heterocycles. The second-order valence-electron chi connectivity index (χ2n) is 4.12. The Morgan fingerprint density at radius 3 is 3.00 bits per heavy atom. The lowest BCUT2D eigenvalue weighted by Gasteiger charge is -1.95. The van der Waals surface area contributed by atoms with E-state index in [2.05, 4.69) is 10.1 Å². The molecule has 1 fully saturated rings. The van der Waals surface area contributed by atoms with Gasteiger partial charge >= 0.3 is 5.97 Å². The van der Waals surface area contributed by atoms with E-state index < -0.39 is 5.97 Å². The monoisotopic (exact) mass is 237 g/mol. The van der Waals surface area contributed by atoms with Crippen molar-refractivity contribution >= 4 is 22.3 Å². The van der Waals surface area contributed by atoms with Crippen molar-refractivity contribution in [3.8, 4) is 0 Å². The van der Waals surface area contributed by atoms with Gasteiger partial charge in [-0.2, -0.15) is 5.10 Å². The maximum atomic E-state index is 10.8. The molecule has 0 bridgehead atoms. The summed E-state index contributed by atoms with van der Waals surface area (Å²) in [7, 11) is 0. The Bertz CT molecular complexity index is 568. The minimum absolute atomic E-state index is 0.0131. The summed E-state index contributed by atoms with van der Waals surface area (Å²) >= 11 is 1.58. The van der Waals surface area contributed by atoms with Crippen molar-refractivity contribution in [3.05, 3.63) is 16.4 Å². The summed E-state index contributed by atoms with van der Waals surface area (Å²) < 4.78 is 1.70. The van der Waals surface area contributed by atoms with Crippen LogP contribution in [0.5, 0.6) is 0 Å². The first-order valence-electron chi connectivity index (χ1n) is 5.22. The highest BCUT2D eigenvalue weighted by molar-refractivity contribution is 7.16. The summed E-state index contributed by atoms with van der Waals surface area (Å²) in [5.74, 6) is -0.254. The van der Waals surface area contributed by atoms with Gasteiger partial charge in [0.1, 0.15) is 5.01 Å². The van der Waals surface area contributed by atoms with Gasteiger partial charge < -0.3 is 5.11 Å². The molecular formula is C10H11N3O2S. The second-order valence-corrected chi connectivity index (χ2v) is 5.11. The number of carboxylic acids is 1. The van der Waals surface area contributed by atoms with Crippen LogP contribution in [0, 0.1) is 6.92 Å². The zero-order valence-electron chi connectivity index (χ0n) is 8.80. The number of hydrogen-bond donors (Lipinski definition) is 1. The van der Waals surface area contributed by atoms with Gasteiger partial charge in [0, 0.05) is 5.92 Å². The van der Waals surface area contributed by atoms with E-state index in [-0.39, 0.29) is 6.42 Å². The van der Waals surface area contributed by atoms with E-state index in [4.69, 9.17) is 5.11 Å². The first-order chi connectivity index (χ1) is 7.65. The highest BCUT2D eigenvalue weighted by Crippen LogP contribution is 2.42. The van der Waals surface area contributed by atoms with Crippen LogP contribution in [0.25, 0.3) is 4.96 Å². The van der Waals surface area contributed by atoms with Crippen LogP contribution in [0.3, 0.4) is 0 Å². The third-order valence-corrected chi connectivity index (χ3v) is 3.83. The van der Waals surface area contributed by atoms with Gasteiger partial charge in [0.15, 0.2) is 0 Å². The second kappa shape index (κ2) is 3.28. The average Bonchev–Trinajstić information content (AvgIpc) is 2.92. The van der Waals surface area contributed by atoms with E-state index in [0.717, 1.165) is 15.7 Å². The molecule has 0 aromatic carbocycles. The summed E-state index contributed by atoms with van der Waals surface area (Å²) in [6, 6.07) is 0. The summed E-state index contributed by atoms with van der Waals surface area (Å²) in [4.78, 5) is 15.9. The largest absolute Gasteiger partial charge is 0.481 e. The highest BCUT2D eigenvalue weighted by atomic mass is 32.1. The molecule has 1 aliphatic carbocycles. The molecule has 16 heavy (non-hydrogen) atoms. The topological polar surface area (TPSA) is 67.5 Å². The molecule has 6 heteroatoms. The summed E-state index contributed by atoms with van der Waals surface area (Å²) in [5.41, 5.74) is 1.47. The van der Waals surface area contributed by atoms with E-state index in [0.29, 0.717) is 11.6 Å². The Kier molecular flexibility index (Phi) is 2.00. The van der Waals surface area contributed by atoms with Crippen molar-refractivity contribution in [2.24, 2.45) is 0 Å². The molecule has 0 unspecified atom stereocenters. The lowest BCUT2D eigenvalue weighted by Crippen LogP contribution is -2.05. The van der Waals surface area contributed by atoms with E-state index in [1.54, 1.807) is 15.9 Å². The smallest absolute Gasteiger partial charge is 0.309 e. The Labute approximate surface area is 95.7 Å². The van der Waals surface area contributed by atoms with Crippen molar-refractivity contribution in [2.45, 2.75) is 32.1 Å². The molecule has 1 N–H and O–H groups in total. The molecule has 0 aliphatic heterocycles. The molecule has 84 valence electrons. The number of carboxylic acid groups (broad SMARTS) is 1. The Morgan fingerprint density at radius 1 is 1.62 bits per heavy atom. The van der Waals surface area contributed by atoms with Gasteiger partial charge in [-0.1, -0.05) is 11.3 Å². The number of imidazole rings is 1. The maximum Gasteiger partial charge on any atom is 0.309 e. The van der Waals surface area contributed by atoms with Gasteiger partial charge in [0.25, 0.3) is 0 Å². The Balaban J connectivity index is 2.09. The lowest BCUT2D eigenvalue weighted by molar-refractivity contribution is -0.136. The molecule has 5 nitrogen and oxygen atoms in total. The maximum absolute atomic E-state index is 10.8. The molecule has 0 amide bonds. The summed E-state index contributed by atoms with van der Waals surface area (Å²) in [5, 5.41) is 14.4. The first kappa shape index (κ1) is 9.77. The molecule has 1 saturated carbocycles. The van der Waals surface area contributed by atoms with E-state index >= 15 is 0 Å². The normalized spacial score (nSPS) is 15.8. The number of fused-ring (bicyclic) bond motifs is 1. The predicted octanol–water partition coefficient (Wildman–Crippen LogP) is 1.60. The number of aliphatic carboxylic acids is 1. The predicted molar refractivity (Wildman–Crippen MR) is 58.9 cm³/mol. The number of nitrogens with zero attached hydrogens (tertiary/aromatic N) is 3. The van der Waals surface area contributed by atoms with Crippen molar-refractivity contribution in [3.63, 3.8) is 0 Å². The fourth-order valence-electron chi connectivity index (χ4n) is 1.75. The molecule has 0 spiro atoms.